The molecule has 2 N–H and O–H groups in total. The van der Waals surface area contributed by atoms with E-state index in [1.165, 1.54) is 0 Å². The van der Waals surface area contributed by atoms with Gasteiger partial charge in [-0.1, -0.05) is 0 Å². The number of aliphatic hydroxyl groups is 2. The highest BCUT2D eigenvalue weighted by atomic mass is 16.6. The number of β-amino-alcohol motifs (C(OH)–C–C–N with tert-alkyl or cyclic N) is 1. The Morgan fingerprint density at radius 2 is 1.67 bits per heavy atom. The largest absolute Gasteiger partial charge is 0.444 e. The van der Waals surface area contributed by atoms with E-state index in [-0.39, 0.29) is 6.09 Å². The van der Waals surface area contributed by atoms with Gasteiger partial charge in [0.2, 0.25) is 0 Å². The van der Waals surface area contributed by atoms with Gasteiger partial charge in [0.25, 0.3) is 0 Å². The zero-order valence-electron chi connectivity index (χ0n) is 13.3. The molecule has 0 bridgehead atoms. The molecule has 2 heterocycles. The number of likely N-dealkylation sites (tertiary alicyclic amines) is 2. The van der Waals surface area contributed by atoms with E-state index in [1.54, 1.807) is 4.90 Å². The normalized spacial score (nSPS) is 29.5. The molecule has 2 aliphatic heterocycles. The number of ether oxygens (including phenoxy) is 1. The maximum Gasteiger partial charge on any atom is 0.410 e. The van der Waals surface area contributed by atoms with Gasteiger partial charge in [0.15, 0.2) is 0 Å². The number of rotatable bonds is 1. The van der Waals surface area contributed by atoms with Gasteiger partial charge in [-0.2, -0.15) is 0 Å². The fourth-order valence-corrected chi connectivity index (χ4v) is 3.02. The zero-order valence-corrected chi connectivity index (χ0v) is 13.3. The molecule has 2 atom stereocenters. The molecule has 0 aromatic rings. The van der Waals surface area contributed by atoms with Crippen LogP contribution in [-0.2, 0) is 4.74 Å². The molecule has 0 radical (unpaired) electrons. The fourth-order valence-electron chi connectivity index (χ4n) is 3.02. The van der Waals surface area contributed by atoms with Crippen molar-refractivity contribution >= 4 is 6.09 Å². The van der Waals surface area contributed by atoms with E-state index < -0.39 is 17.8 Å². The van der Waals surface area contributed by atoms with Crippen molar-refractivity contribution in [3.63, 3.8) is 0 Å². The van der Waals surface area contributed by atoms with Crippen molar-refractivity contribution in [1.29, 1.82) is 0 Å². The Morgan fingerprint density at radius 1 is 1.05 bits per heavy atom. The van der Waals surface area contributed by atoms with Crippen molar-refractivity contribution in [3.8, 4) is 0 Å². The molecule has 2 fully saturated rings. The van der Waals surface area contributed by atoms with Crippen LogP contribution in [0.2, 0.25) is 0 Å². The molecule has 6 heteroatoms. The highest BCUT2D eigenvalue weighted by Crippen LogP contribution is 2.22. The van der Waals surface area contributed by atoms with Gasteiger partial charge in [-0.15, -0.1) is 0 Å². The Kier molecular flexibility index (Phi) is 5.11. The van der Waals surface area contributed by atoms with E-state index in [2.05, 4.69) is 4.90 Å². The van der Waals surface area contributed by atoms with Gasteiger partial charge in [0.1, 0.15) is 5.60 Å². The van der Waals surface area contributed by atoms with Crippen LogP contribution in [0.5, 0.6) is 0 Å². The van der Waals surface area contributed by atoms with Gasteiger partial charge in [-0.05, 0) is 40.0 Å². The maximum atomic E-state index is 12.0. The molecule has 2 saturated heterocycles. The van der Waals surface area contributed by atoms with Crippen LogP contribution in [0, 0.1) is 0 Å². The van der Waals surface area contributed by atoms with E-state index in [1.807, 2.05) is 20.8 Å². The standard InChI is InChI=1S/C15H28N2O4/c1-15(2,3)21-14(20)16-7-4-11(5-8-16)17-9-6-12(18)13(19)10-17/h11-13,18-19H,4-10H2,1-3H3. The predicted octanol–water partition coefficient (Wildman–Crippen LogP) is 0.813. The summed E-state index contributed by atoms with van der Waals surface area (Å²) in [5, 5.41) is 19.3. The summed E-state index contributed by atoms with van der Waals surface area (Å²) in [6, 6.07) is 0.380. The Balaban J connectivity index is 1.79. The molecule has 6 nitrogen and oxygen atoms in total. The first-order valence-corrected chi connectivity index (χ1v) is 7.84. The Labute approximate surface area is 126 Å². The Morgan fingerprint density at radius 3 is 2.19 bits per heavy atom. The number of nitrogens with zero attached hydrogens (tertiary/aromatic N) is 2. The van der Waals surface area contributed by atoms with Gasteiger partial charge in [-0.25, -0.2) is 4.79 Å². The van der Waals surface area contributed by atoms with Crippen LogP contribution < -0.4 is 0 Å². The summed E-state index contributed by atoms with van der Waals surface area (Å²) in [5.74, 6) is 0. The Bertz CT molecular complexity index is 361. The van der Waals surface area contributed by atoms with Gasteiger partial charge < -0.3 is 19.8 Å². The number of hydrogen-bond acceptors (Lipinski definition) is 5. The van der Waals surface area contributed by atoms with Crippen molar-refractivity contribution < 1.29 is 19.7 Å². The third-order valence-electron chi connectivity index (χ3n) is 4.21. The van der Waals surface area contributed by atoms with E-state index in [0.717, 1.165) is 19.4 Å². The lowest BCUT2D eigenvalue weighted by molar-refractivity contribution is -0.0564. The lowest BCUT2D eigenvalue weighted by Crippen LogP contribution is -2.54. The van der Waals surface area contributed by atoms with Gasteiger partial charge in [0, 0.05) is 32.2 Å². The first-order chi connectivity index (χ1) is 9.76. The summed E-state index contributed by atoms with van der Waals surface area (Å²) < 4.78 is 5.39. The average molecular weight is 300 g/mol. The second-order valence-electron chi connectivity index (χ2n) is 7.12. The van der Waals surface area contributed by atoms with Gasteiger partial charge in [0.05, 0.1) is 12.2 Å². The Hall–Kier alpha value is -0.850. The summed E-state index contributed by atoms with van der Waals surface area (Å²) in [6.07, 6.45) is 0.915. The van der Waals surface area contributed by atoms with Crippen LogP contribution in [0.15, 0.2) is 0 Å². The second-order valence-corrected chi connectivity index (χ2v) is 7.12. The van der Waals surface area contributed by atoms with Crippen LogP contribution in [-0.4, -0.2) is 76.1 Å². The summed E-state index contributed by atoms with van der Waals surface area (Å²) in [6.45, 7) is 8.34. The van der Waals surface area contributed by atoms with Crippen LogP contribution in [0.3, 0.4) is 0 Å². The monoisotopic (exact) mass is 300 g/mol. The SMILES string of the molecule is CC(C)(C)OC(=O)N1CCC(N2CCC(O)C(O)C2)CC1. The van der Waals surface area contributed by atoms with Crippen molar-refractivity contribution in [2.24, 2.45) is 0 Å². The molecule has 21 heavy (non-hydrogen) atoms. The summed E-state index contributed by atoms with van der Waals surface area (Å²) >= 11 is 0. The molecule has 2 rings (SSSR count). The lowest BCUT2D eigenvalue weighted by Gasteiger charge is -2.42. The molecule has 0 aromatic carbocycles. The minimum atomic E-state index is -0.650. The fraction of sp³-hybridized carbons (Fsp3) is 0.933. The molecular formula is C15H28N2O4. The predicted molar refractivity (Wildman–Crippen MR) is 79.0 cm³/mol. The third kappa shape index (κ3) is 4.56. The van der Waals surface area contributed by atoms with Gasteiger partial charge in [-0.3, -0.25) is 4.90 Å². The molecule has 2 unspecified atom stereocenters. The highest BCUT2D eigenvalue weighted by molar-refractivity contribution is 5.68. The lowest BCUT2D eigenvalue weighted by atomic mass is 9.98. The van der Waals surface area contributed by atoms with Crippen molar-refractivity contribution in [3.05, 3.63) is 0 Å². The zero-order chi connectivity index (χ0) is 15.6. The number of carbonyl (C=O) groups is 1. The van der Waals surface area contributed by atoms with Crippen molar-refractivity contribution in [2.75, 3.05) is 26.2 Å². The molecular weight excluding hydrogens is 272 g/mol. The second kappa shape index (κ2) is 6.50. The third-order valence-corrected chi connectivity index (χ3v) is 4.21. The molecule has 122 valence electrons. The van der Waals surface area contributed by atoms with Gasteiger partial charge >= 0.3 is 6.09 Å². The van der Waals surface area contributed by atoms with Crippen LogP contribution in [0.25, 0.3) is 0 Å². The minimum Gasteiger partial charge on any atom is -0.444 e. The smallest absolute Gasteiger partial charge is 0.410 e. The van der Waals surface area contributed by atoms with Crippen LogP contribution in [0.1, 0.15) is 40.0 Å². The first kappa shape index (κ1) is 16.5. The summed E-state index contributed by atoms with van der Waals surface area (Å²) in [4.78, 5) is 16.0. The van der Waals surface area contributed by atoms with Crippen molar-refractivity contribution in [2.45, 2.75) is 63.9 Å². The highest BCUT2D eigenvalue weighted by Gasteiger charge is 2.33. The number of amides is 1. The number of aliphatic hydroxyl groups excluding tert-OH is 2. The van der Waals surface area contributed by atoms with E-state index in [0.29, 0.717) is 32.1 Å². The molecule has 0 aromatic heterocycles. The maximum absolute atomic E-state index is 12.0. The van der Waals surface area contributed by atoms with E-state index in [9.17, 15) is 15.0 Å². The number of carbonyl (C=O) groups excluding carboxylic acids is 1. The van der Waals surface area contributed by atoms with Crippen molar-refractivity contribution in [1.82, 2.24) is 9.80 Å². The molecule has 2 aliphatic rings. The summed E-state index contributed by atoms with van der Waals surface area (Å²) in [7, 11) is 0. The van der Waals surface area contributed by atoms with E-state index in [4.69, 9.17) is 4.74 Å². The molecule has 1 amide bonds. The molecule has 0 saturated carbocycles. The number of hydrogen-bond donors (Lipinski definition) is 2. The topological polar surface area (TPSA) is 73.2 Å². The molecule has 0 aliphatic carbocycles. The minimum absolute atomic E-state index is 0.241. The quantitative estimate of drug-likeness (QED) is 0.750. The molecule has 0 spiro atoms. The average Bonchev–Trinajstić information content (AvgIpc) is 2.40. The first-order valence-electron chi connectivity index (χ1n) is 7.84. The number of piperidine rings is 2. The summed E-state index contributed by atoms with van der Waals surface area (Å²) in [5.41, 5.74) is -0.457. The van der Waals surface area contributed by atoms with E-state index >= 15 is 0 Å². The van der Waals surface area contributed by atoms with Crippen LogP contribution >= 0.6 is 0 Å². The van der Waals surface area contributed by atoms with Crippen LogP contribution in [0.4, 0.5) is 4.79 Å².